The Morgan fingerprint density at radius 1 is 1.09 bits per heavy atom. The second-order valence-electron chi connectivity index (χ2n) is 10.0. The summed E-state index contributed by atoms with van der Waals surface area (Å²) in [7, 11) is -1.68. The van der Waals surface area contributed by atoms with Gasteiger partial charge in [-0.25, -0.2) is 4.79 Å². The number of rotatable bonds is 8. The molecule has 3 N–H and O–H groups in total. The molecule has 1 fully saturated rings. The summed E-state index contributed by atoms with van der Waals surface area (Å²) in [5.41, 5.74) is 4.60. The van der Waals surface area contributed by atoms with Crippen LogP contribution in [0.5, 0.6) is 0 Å². The van der Waals surface area contributed by atoms with E-state index in [9.17, 15) is 19.8 Å². The van der Waals surface area contributed by atoms with Gasteiger partial charge < -0.3 is 14.9 Å². The lowest BCUT2D eigenvalue weighted by atomic mass is 10.2. The highest BCUT2D eigenvalue weighted by Gasteiger charge is 2.41. The SMILES string of the molecule is CC(C)[Si](C#CCCCCC#Cc1cn(C2CC(O)C(CO)O2)c(=O)[nH]c1=O)(C(C)C)C(C)C. The summed E-state index contributed by atoms with van der Waals surface area (Å²) in [5.74, 6) is 9.33. The molecule has 0 radical (unpaired) electrons. The molecular weight excluding hydrogens is 448 g/mol. The van der Waals surface area contributed by atoms with Gasteiger partial charge in [0.1, 0.15) is 26.0 Å². The molecule has 2 rings (SSSR count). The summed E-state index contributed by atoms with van der Waals surface area (Å²) in [6.45, 7) is 13.5. The van der Waals surface area contributed by atoms with E-state index in [0.717, 1.165) is 19.3 Å². The molecule has 1 aliphatic rings. The lowest BCUT2D eigenvalue weighted by molar-refractivity contribution is -0.0459. The zero-order valence-electron chi connectivity index (χ0n) is 21.4. The number of ether oxygens (including phenoxy) is 1. The standard InChI is InChI=1S/C26H40N2O5Si/c1-18(2)34(19(3)4,20(5)6)14-12-10-8-7-9-11-13-21-16-28(26(32)27-25(21)31)24-15-22(30)23(17-29)33-24/h16,18-20,22-24,29-30H,7-10,15,17H2,1-6H3,(H,27,31,32). The molecular formula is C26H40N2O5Si. The summed E-state index contributed by atoms with van der Waals surface area (Å²) < 4.78 is 6.73. The predicted octanol–water partition coefficient (Wildman–Crippen LogP) is 3.31. The number of aromatic nitrogens is 2. The van der Waals surface area contributed by atoms with Gasteiger partial charge in [0.15, 0.2) is 0 Å². The maximum absolute atomic E-state index is 12.2. The average Bonchev–Trinajstić information content (AvgIpc) is 3.13. The molecule has 3 unspecified atom stereocenters. The normalized spacial score (nSPS) is 20.4. The minimum absolute atomic E-state index is 0.152. The monoisotopic (exact) mass is 488 g/mol. The Balaban J connectivity index is 1.97. The fourth-order valence-corrected chi connectivity index (χ4v) is 10.4. The number of aliphatic hydroxyl groups excluding tert-OH is 2. The van der Waals surface area contributed by atoms with Gasteiger partial charge >= 0.3 is 5.69 Å². The number of aromatic amines is 1. The summed E-state index contributed by atoms with van der Waals surface area (Å²) in [6.07, 6.45) is 2.45. The van der Waals surface area contributed by atoms with E-state index in [1.54, 1.807) is 0 Å². The molecule has 0 amide bonds. The van der Waals surface area contributed by atoms with Crippen molar-refractivity contribution < 1.29 is 14.9 Å². The van der Waals surface area contributed by atoms with E-state index in [1.165, 1.54) is 10.8 Å². The molecule has 1 aliphatic heterocycles. The Hall–Kier alpha value is -2.10. The van der Waals surface area contributed by atoms with Crippen LogP contribution in [0.2, 0.25) is 16.6 Å². The third-order valence-corrected chi connectivity index (χ3v) is 13.3. The number of hydrogen-bond acceptors (Lipinski definition) is 5. The van der Waals surface area contributed by atoms with Crippen LogP contribution in [0.15, 0.2) is 15.8 Å². The minimum atomic E-state index is -1.68. The van der Waals surface area contributed by atoms with Crippen LogP contribution in [0.25, 0.3) is 0 Å². The van der Waals surface area contributed by atoms with Crippen molar-refractivity contribution in [3.63, 3.8) is 0 Å². The van der Waals surface area contributed by atoms with Crippen LogP contribution in [-0.2, 0) is 4.74 Å². The maximum Gasteiger partial charge on any atom is 0.330 e. The molecule has 7 nitrogen and oxygen atoms in total. The first-order valence-corrected chi connectivity index (χ1v) is 14.6. The topological polar surface area (TPSA) is 105 Å². The van der Waals surface area contributed by atoms with E-state index in [4.69, 9.17) is 4.74 Å². The number of nitrogens with one attached hydrogen (secondary N) is 1. The van der Waals surface area contributed by atoms with E-state index >= 15 is 0 Å². The molecule has 3 atom stereocenters. The van der Waals surface area contributed by atoms with Crippen molar-refractivity contribution in [2.75, 3.05) is 6.61 Å². The van der Waals surface area contributed by atoms with E-state index in [-0.39, 0.29) is 18.6 Å². The number of hydrogen-bond donors (Lipinski definition) is 3. The van der Waals surface area contributed by atoms with Crippen molar-refractivity contribution in [1.29, 1.82) is 0 Å². The molecule has 34 heavy (non-hydrogen) atoms. The molecule has 188 valence electrons. The third-order valence-electron chi connectivity index (χ3n) is 6.91. The minimum Gasteiger partial charge on any atom is -0.394 e. The van der Waals surface area contributed by atoms with E-state index < -0.39 is 37.8 Å². The van der Waals surface area contributed by atoms with E-state index in [2.05, 4.69) is 69.8 Å². The molecule has 8 heteroatoms. The highest BCUT2D eigenvalue weighted by atomic mass is 28.3. The third kappa shape index (κ3) is 6.52. The van der Waals surface area contributed by atoms with Crippen molar-refractivity contribution in [1.82, 2.24) is 9.55 Å². The van der Waals surface area contributed by atoms with Gasteiger partial charge in [0.05, 0.1) is 12.7 Å². The van der Waals surface area contributed by atoms with Crippen molar-refractivity contribution in [3.05, 3.63) is 32.6 Å². The Bertz CT molecular complexity index is 1030. The predicted molar refractivity (Wildman–Crippen MR) is 137 cm³/mol. The van der Waals surface area contributed by atoms with Crippen LogP contribution in [-0.4, -0.2) is 46.7 Å². The zero-order chi connectivity index (χ0) is 25.5. The molecule has 0 spiro atoms. The maximum atomic E-state index is 12.2. The first kappa shape index (κ1) is 28.1. The lowest BCUT2D eigenvalue weighted by Gasteiger charge is -2.38. The number of unbranched alkanes of at least 4 members (excludes halogenated alkanes) is 3. The van der Waals surface area contributed by atoms with Crippen LogP contribution >= 0.6 is 0 Å². The number of aliphatic hydroxyl groups is 2. The molecule has 2 heterocycles. The second kappa shape index (κ2) is 12.6. The Morgan fingerprint density at radius 2 is 1.68 bits per heavy atom. The quantitative estimate of drug-likeness (QED) is 0.296. The van der Waals surface area contributed by atoms with Gasteiger partial charge in [0, 0.05) is 25.5 Å². The molecule has 0 aliphatic carbocycles. The number of nitrogens with zero attached hydrogens (tertiary/aromatic N) is 1. The van der Waals surface area contributed by atoms with Gasteiger partial charge in [-0.2, -0.15) is 0 Å². The van der Waals surface area contributed by atoms with Gasteiger partial charge in [0.25, 0.3) is 5.56 Å². The largest absolute Gasteiger partial charge is 0.394 e. The first-order chi connectivity index (χ1) is 16.0. The van der Waals surface area contributed by atoms with Gasteiger partial charge in [-0.15, -0.1) is 11.5 Å². The second-order valence-corrected chi connectivity index (χ2v) is 15.6. The summed E-state index contributed by atoms with van der Waals surface area (Å²) in [6, 6.07) is 0. The molecule has 1 saturated heterocycles. The summed E-state index contributed by atoms with van der Waals surface area (Å²) in [4.78, 5) is 26.6. The van der Waals surface area contributed by atoms with Crippen molar-refractivity contribution in [2.24, 2.45) is 0 Å². The van der Waals surface area contributed by atoms with Crippen LogP contribution < -0.4 is 11.2 Å². The highest BCUT2D eigenvalue weighted by molar-refractivity contribution is 6.90. The molecule has 1 aromatic rings. The lowest BCUT2D eigenvalue weighted by Crippen LogP contribution is -2.43. The summed E-state index contributed by atoms with van der Waals surface area (Å²) in [5, 5.41) is 19.2. The van der Waals surface area contributed by atoms with Crippen LogP contribution in [0.1, 0.15) is 85.4 Å². The van der Waals surface area contributed by atoms with Crippen molar-refractivity contribution in [2.45, 2.75) is 109 Å². The number of H-pyrrole nitrogens is 1. The smallest absolute Gasteiger partial charge is 0.330 e. The Morgan fingerprint density at radius 3 is 2.21 bits per heavy atom. The Kier molecular flexibility index (Phi) is 10.4. The zero-order valence-corrected chi connectivity index (χ0v) is 22.4. The van der Waals surface area contributed by atoms with Crippen LogP contribution in [0.3, 0.4) is 0 Å². The molecule has 0 bridgehead atoms. The van der Waals surface area contributed by atoms with E-state index in [0.29, 0.717) is 23.0 Å². The first-order valence-electron chi connectivity index (χ1n) is 12.3. The Labute approximate surface area is 204 Å². The molecule has 0 aromatic carbocycles. The van der Waals surface area contributed by atoms with Crippen molar-refractivity contribution >= 4 is 8.07 Å². The van der Waals surface area contributed by atoms with Crippen LogP contribution in [0, 0.1) is 23.3 Å². The van der Waals surface area contributed by atoms with Gasteiger partial charge in [-0.1, -0.05) is 53.4 Å². The summed E-state index contributed by atoms with van der Waals surface area (Å²) >= 11 is 0. The van der Waals surface area contributed by atoms with Crippen LogP contribution in [0.4, 0.5) is 0 Å². The van der Waals surface area contributed by atoms with Gasteiger partial charge in [-0.05, 0) is 29.5 Å². The molecule has 1 aromatic heterocycles. The van der Waals surface area contributed by atoms with E-state index in [1.807, 2.05) is 0 Å². The fourth-order valence-electron chi connectivity index (χ4n) is 5.07. The van der Waals surface area contributed by atoms with Gasteiger partial charge in [-0.3, -0.25) is 14.3 Å². The fraction of sp³-hybridized carbons (Fsp3) is 0.692. The van der Waals surface area contributed by atoms with Crippen molar-refractivity contribution in [3.8, 4) is 23.3 Å². The van der Waals surface area contributed by atoms with Gasteiger partial charge in [0.2, 0.25) is 0 Å². The average molecular weight is 489 g/mol. The molecule has 0 saturated carbocycles. The highest BCUT2D eigenvalue weighted by Crippen LogP contribution is 2.40.